The lowest BCUT2D eigenvalue weighted by molar-refractivity contribution is -0.119. The first-order chi connectivity index (χ1) is 11.9. The monoisotopic (exact) mass is 401 g/mol. The Bertz CT molecular complexity index is 965. The number of nitrogens with zero attached hydrogens (tertiary/aromatic N) is 2. The Kier molecular flexibility index (Phi) is 4.85. The van der Waals surface area contributed by atoms with Crippen molar-refractivity contribution >= 4 is 39.1 Å². The lowest BCUT2D eigenvalue weighted by Crippen LogP contribution is -2.21. The number of carbonyl (C=O) groups is 2. The highest BCUT2D eigenvalue weighted by Crippen LogP contribution is 2.23. The highest BCUT2D eigenvalue weighted by molar-refractivity contribution is 9.10. The number of anilines is 1. The number of ether oxygens (including phenoxy) is 1. The third-order valence-corrected chi connectivity index (χ3v) is 4.29. The first-order valence-corrected chi connectivity index (χ1v) is 8.41. The quantitative estimate of drug-likeness (QED) is 0.678. The van der Waals surface area contributed by atoms with E-state index >= 15 is 0 Å². The number of halogens is 1. The number of fused-ring (bicyclic) bond motifs is 1. The third-order valence-electron chi connectivity index (χ3n) is 3.64. The molecule has 2 heterocycles. The molecule has 1 aromatic carbocycles. The van der Waals surface area contributed by atoms with Crippen LogP contribution in [0.4, 0.5) is 5.69 Å². The van der Waals surface area contributed by atoms with Gasteiger partial charge in [-0.1, -0.05) is 12.1 Å². The highest BCUT2D eigenvalue weighted by atomic mass is 79.9. The number of aromatic nitrogens is 2. The summed E-state index contributed by atoms with van der Waals surface area (Å²) in [4.78, 5) is 28.3. The zero-order chi connectivity index (χ0) is 18.0. The van der Waals surface area contributed by atoms with Crippen molar-refractivity contribution in [1.29, 1.82) is 0 Å². The van der Waals surface area contributed by atoms with Gasteiger partial charge in [0.05, 0.1) is 5.69 Å². The van der Waals surface area contributed by atoms with Gasteiger partial charge in [-0.05, 0) is 59.6 Å². The van der Waals surface area contributed by atoms with E-state index < -0.39 is 11.9 Å². The van der Waals surface area contributed by atoms with Crippen LogP contribution >= 0.6 is 15.9 Å². The lowest BCUT2D eigenvalue weighted by atomic mass is 10.2. The Balaban J connectivity index is 1.63. The number of imidazole rings is 1. The molecular formula is C18H16BrN3O3. The van der Waals surface area contributed by atoms with Crippen molar-refractivity contribution in [3.63, 3.8) is 0 Å². The average Bonchev–Trinajstić information content (AvgIpc) is 3.01. The van der Waals surface area contributed by atoms with Gasteiger partial charge in [-0.2, -0.15) is 0 Å². The van der Waals surface area contributed by atoms with Crippen LogP contribution in [0.15, 0.2) is 47.1 Å². The molecule has 3 rings (SSSR count). The van der Waals surface area contributed by atoms with E-state index in [1.54, 1.807) is 22.7 Å². The molecule has 1 amide bonds. The molecule has 2 aromatic heterocycles. The summed E-state index contributed by atoms with van der Waals surface area (Å²) in [5.41, 5.74) is 3.46. The fraction of sp³-hybridized carbons (Fsp3) is 0.167. The van der Waals surface area contributed by atoms with Crippen LogP contribution in [0.25, 0.3) is 5.65 Å². The van der Waals surface area contributed by atoms with Crippen molar-refractivity contribution in [3.8, 4) is 0 Å². The van der Waals surface area contributed by atoms with Gasteiger partial charge in [-0.3, -0.25) is 4.79 Å². The number of pyridine rings is 1. The third kappa shape index (κ3) is 3.88. The topological polar surface area (TPSA) is 72.7 Å². The number of esters is 1. The molecule has 0 spiro atoms. The summed E-state index contributed by atoms with van der Waals surface area (Å²) < 4.78 is 7.61. The molecule has 6 nitrogen and oxygen atoms in total. The molecule has 0 fully saturated rings. The standard InChI is InChI=1S/C18H16BrN3O3/c1-11-6-7-14(13(19)8-11)21-17(23)10-25-18(24)15-9-22-12(2)4-3-5-16(22)20-15/h3-9H,10H2,1-2H3,(H,21,23). The van der Waals surface area contributed by atoms with E-state index in [9.17, 15) is 9.59 Å². The van der Waals surface area contributed by atoms with Crippen molar-refractivity contribution in [2.45, 2.75) is 13.8 Å². The van der Waals surface area contributed by atoms with E-state index in [2.05, 4.69) is 26.2 Å². The summed E-state index contributed by atoms with van der Waals surface area (Å²) in [6.07, 6.45) is 1.60. The molecule has 7 heteroatoms. The number of benzene rings is 1. The largest absolute Gasteiger partial charge is 0.451 e. The molecule has 0 aliphatic heterocycles. The average molecular weight is 402 g/mol. The van der Waals surface area contributed by atoms with Gasteiger partial charge in [0.2, 0.25) is 0 Å². The van der Waals surface area contributed by atoms with E-state index in [1.165, 1.54) is 0 Å². The molecule has 25 heavy (non-hydrogen) atoms. The van der Waals surface area contributed by atoms with Crippen LogP contribution < -0.4 is 5.32 Å². The zero-order valence-electron chi connectivity index (χ0n) is 13.7. The number of aryl methyl sites for hydroxylation is 2. The molecular weight excluding hydrogens is 386 g/mol. The van der Waals surface area contributed by atoms with Crippen LogP contribution in [0.3, 0.4) is 0 Å². The summed E-state index contributed by atoms with van der Waals surface area (Å²) in [5, 5.41) is 2.69. The molecule has 0 radical (unpaired) electrons. The van der Waals surface area contributed by atoms with Gasteiger partial charge in [0.15, 0.2) is 12.3 Å². The molecule has 0 aliphatic rings. The number of amides is 1. The number of hydrogen-bond donors (Lipinski definition) is 1. The van der Waals surface area contributed by atoms with Gasteiger partial charge in [-0.15, -0.1) is 0 Å². The summed E-state index contributed by atoms with van der Waals surface area (Å²) in [5.74, 6) is -1.06. The Labute approximate surface area is 153 Å². The number of nitrogens with one attached hydrogen (secondary N) is 1. The predicted molar refractivity (Wildman–Crippen MR) is 97.7 cm³/mol. The molecule has 0 saturated carbocycles. The smallest absolute Gasteiger partial charge is 0.359 e. The first-order valence-electron chi connectivity index (χ1n) is 7.62. The van der Waals surface area contributed by atoms with Gasteiger partial charge in [0.25, 0.3) is 5.91 Å². The van der Waals surface area contributed by atoms with Crippen molar-refractivity contribution < 1.29 is 14.3 Å². The van der Waals surface area contributed by atoms with Crippen LogP contribution in [0.5, 0.6) is 0 Å². The van der Waals surface area contributed by atoms with Crippen LogP contribution in [-0.2, 0) is 9.53 Å². The maximum atomic E-state index is 12.1. The van der Waals surface area contributed by atoms with Gasteiger partial charge in [0, 0.05) is 16.4 Å². The summed E-state index contributed by atoms with van der Waals surface area (Å²) in [6, 6.07) is 11.1. The second-order valence-corrected chi connectivity index (χ2v) is 6.48. The number of rotatable bonds is 4. The van der Waals surface area contributed by atoms with E-state index in [0.717, 1.165) is 15.7 Å². The van der Waals surface area contributed by atoms with Crippen molar-refractivity contribution in [2.75, 3.05) is 11.9 Å². The Morgan fingerprint density at radius 1 is 1.24 bits per heavy atom. The first kappa shape index (κ1) is 17.2. The second-order valence-electron chi connectivity index (χ2n) is 5.63. The van der Waals surface area contributed by atoms with Gasteiger partial charge >= 0.3 is 5.97 Å². The molecule has 0 saturated heterocycles. The van der Waals surface area contributed by atoms with E-state index in [4.69, 9.17) is 4.74 Å². The van der Waals surface area contributed by atoms with Crippen molar-refractivity contribution in [2.24, 2.45) is 0 Å². The van der Waals surface area contributed by atoms with Crippen LogP contribution in [0.1, 0.15) is 21.7 Å². The lowest BCUT2D eigenvalue weighted by Gasteiger charge is -2.08. The zero-order valence-corrected chi connectivity index (χ0v) is 15.3. The maximum absolute atomic E-state index is 12.1. The van der Waals surface area contributed by atoms with E-state index in [1.807, 2.05) is 38.1 Å². The molecule has 1 N–H and O–H groups in total. The number of hydrogen-bond acceptors (Lipinski definition) is 4. The van der Waals surface area contributed by atoms with Gasteiger partial charge in [0.1, 0.15) is 5.65 Å². The molecule has 0 unspecified atom stereocenters. The van der Waals surface area contributed by atoms with Crippen molar-refractivity contribution in [3.05, 3.63) is 64.0 Å². The molecule has 3 aromatic rings. The molecule has 128 valence electrons. The Hall–Kier alpha value is -2.67. The maximum Gasteiger partial charge on any atom is 0.359 e. The highest BCUT2D eigenvalue weighted by Gasteiger charge is 2.15. The normalized spacial score (nSPS) is 10.7. The predicted octanol–water partition coefficient (Wildman–Crippen LogP) is 3.51. The van der Waals surface area contributed by atoms with Crippen molar-refractivity contribution in [1.82, 2.24) is 9.38 Å². The number of carbonyl (C=O) groups excluding carboxylic acids is 2. The second kappa shape index (κ2) is 7.06. The fourth-order valence-electron chi connectivity index (χ4n) is 2.36. The minimum Gasteiger partial charge on any atom is -0.451 e. The van der Waals surface area contributed by atoms with Gasteiger partial charge in [-0.25, -0.2) is 9.78 Å². The van der Waals surface area contributed by atoms with Crippen LogP contribution in [0.2, 0.25) is 0 Å². The van der Waals surface area contributed by atoms with Crippen LogP contribution in [0, 0.1) is 13.8 Å². The van der Waals surface area contributed by atoms with E-state index in [0.29, 0.717) is 11.3 Å². The minimum absolute atomic E-state index is 0.165. The van der Waals surface area contributed by atoms with Gasteiger partial charge < -0.3 is 14.5 Å². The van der Waals surface area contributed by atoms with Crippen LogP contribution in [-0.4, -0.2) is 27.9 Å². The molecule has 0 bridgehead atoms. The minimum atomic E-state index is -0.638. The Morgan fingerprint density at radius 2 is 2.04 bits per heavy atom. The summed E-state index contributed by atoms with van der Waals surface area (Å²) in [7, 11) is 0. The molecule has 0 atom stereocenters. The fourth-order valence-corrected chi connectivity index (χ4v) is 2.95. The summed E-state index contributed by atoms with van der Waals surface area (Å²) >= 11 is 3.38. The van der Waals surface area contributed by atoms with E-state index in [-0.39, 0.29) is 12.3 Å². The molecule has 0 aliphatic carbocycles. The Morgan fingerprint density at radius 3 is 2.76 bits per heavy atom. The SMILES string of the molecule is Cc1ccc(NC(=O)COC(=O)c2cn3c(C)cccc3n2)c(Br)c1. The summed E-state index contributed by atoms with van der Waals surface area (Å²) in [6.45, 7) is 3.48.